The van der Waals surface area contributed by atoms with Gasteiger partial charge in [0.1, 0.15) is 5.57 Å². The molecule has 3 aromatic rings. The van der Waals surface area contributed by atoms with Crippen molar-refractivity contribution in [2.45, 2.75) is 13.8 Å². The maximum Gasteiger partial charge on any atom is 0.270 e. The summed E-state index contributed by atoms with van der Waals surface area (Å²) in [6.07, 6.45) is 1.54. The quantitative estimate of drug-likeness (QED) is 0.275. The number of aromatic nitrogens is 1. The summed E-state index contributed by atoms with van der Waals surface area (Å²) in [5.74, 6) is -1.18. The van der Waals surface area contributed by atoms with Gasteiger partial charge in [-0.25, -0.2) is 0 Å². The maximum absolute atomic E-state index is 13.3. The molecule has 9 heteroatoms. The third kappa shape index (κ3) is 3.84. The van der Waals surface area contributed by atoms with Gasteiger partial charge < -0.3 is 4.57 Å². The number of halogens is 3. The molecule has 0 radical (unpaired) electrons. The van der Waals surface area contributed by atoms with E-state index in [0.717, 1.165) is 17.1 Å². The molecule has 0 aliphatic carbocycles. The molecule has 0 spiro atoms. The Balaban J connectivity index is 1.81. The van der Waals surface area contributed by atoms with Crippen LogP contribution in [0.25, 0.3) is 11.8 Å². The molecule has 1 saturated heterocycles. The molecule has 0 atom stereocenters. The SMILES string of the molecule is Cc1cc(/C=C2\C(=O)NC(=S)N(c3cccc(Cl)c3Cl)C2=O)c(C)n1-c1ccccc1Cl. The number of benzene rings is 2. The highest BCUT2D eigenvalue weighted by atomic mass is 35.5. The summed E-state index contributed by atoms with van der Waals surface area (Å²) >= 11 is 24.0. The molecule has 5 nitrogen and oxygen atoms in total. The molecular formula is C23H16Cl3N3O2S. The largest absolute Gasteiger partial charge is 0.316 e. The van der Waals surface area contributed by atoms with Crippen LogP contribution in [0.1, 0.15) is 17.0 Å². The molecule has 2 heterocycles. The Morgan fingerprint density at radius 2 is 1.59 bits per heavy atom. The van der Waals surface area contributed by atoms with Crippen molar-refractivity contribution in [3.8, 4) is 5.69 Å². The van der Waals surface area contributed by atoms with Crippen molar-refractivity contribution in [3.63, 3.8) is 0 Å². The molecule has 1 fully saturated rings. The number of aryl methyl sites for hydroxylation is 1. The highest BCUT2D eigenvalue weighted by Crippen LogP contribution is 2.35. The highest BCUT2D eigenvalue weighted by Gasteiger charge is 2.36. The Hall–Kier alpha value is -2.64. The van der Waals surface area contributed by atoms with E-state index >= 15 is 0 Å². The number of hydrogen-bond donors (Lipinski definition) is 1. The van der Waals surface area contributed by atoms with Gasteiger partial charge >= 0.3 is 0 Å². The molecule has 4 rings (SSSR count). The molecular weight excluding hydrogens is 489 g/mol. The van der Waals surface area contributed by atoms with E-state index in [9.17, 15) is 9.59 Å². The van der Waals surface area contributed by atoms with Gasteiger partial charge in [-0.15, -0.1) is 0 Å². The summed E-state index contributed by atoms with van der Waals surface area (Å²) < 4.78 is 1.97. The van der Waals surface area contributed by atoms with Crippen molar-refractivity contribution in [3.05, 3.63) is 86.1 Å². The minimum absolute atomic E-state index is 0.0668. The molecule has 32 heavy (non-hydrogen) atoms. The second-order valence-electron chi connectivity index (χ2n) is 7.14. The van der Waals surface area contributed by atoms with Crippen molar-refractivity contribution < 1.29 is 9.59 Å². The summed E-state index contributed by atoms with van der Waals surface area (Å²) in [6, 6.07) is 14.2. The number of hydrogen-bond acceptors (Lipinski definition) is 3. The number of carbonyl (C=O) groups is 2. The molecule has 1 N–H and O–H groups in total. The fourth-order valence-corrected chi connectivity index (χ4v) is 4.51. The van der Waals surface area contributed by atoms with Crippen LogP contribution >= 0.6 is 47.0 Å². The van der Waals surface area contributed by atoms with Crippen LogP contribution < -0.4 is 10.2 Å². The van der Waals surface area contributed by atoms with Gasteiger partial charge in [0.15, 0.2) is 5.11 Å². The lowest BCUT2D eigenvalue weighted by Crippen LogP contribution is -2.54. The van der Waals surface area contributed by atoms with Gasteiger partial charge in [-0.3, -0.25) is 19.8 Å². The van der Waals surface area contributed by atoms with E-state index < -0.39 is 11.8 Å². The predicted octanol–water partition coefficient (Wildman–Crippen LogP) is 5.89. The third-order valence-corrected chi connectivity index (χ3v) is 6.55. The first-order chi connectivity index (χ1) is 15.2. The van der Waals surface area contributed by atoms with Crippen LogP contribution in [0.4, 0.5) is 5.69 Å². The van der Waals surface area contributed by atoms with Crippen molar-refractivity contribution in [2.24, 2.45) is 0 Å². The number of nitrogens with zero attached hydrogens (tertiary/aromatic N) is 2. The second-order valence-corrected chi connectivity index (χ2v) is 8.72. The average molecular weight is 505 g/mol. The van der Waals surface area contributed by atoms with E-state index in [-0.39, 0.29) is 20.7 Å². The molecule has 2 amide bonds. The molecule has 0 unspecified atom stereocenters. The van der Waals surface area contributed by atoms with Crippen LogP contribution in [0.3, 0.4) is 0 Å². The van der Waals surface area contributed by atoms with Gasteiger partial charge in [0.05, 0.1) is 26.4 Å². The fourth-order valence-electron chi connectivity index (χ4n) is 3.63. The molecule has 0 bridgehead atoms. The third-order valence-electron chi connectivity index (χ3n) is 5.14. The summed E-state index contributed by atoms with van der Waals surface area (Å²) in [4.78, 5) is 27.2. The van der Waals surface area contributed by atoms with Gasteiger partial charge in [0.2, 0.25) is 0 Å². The second kappa shape index (κ2) is 8.71. The van der Waals surface area contributed by atoms with Gasteiger partial charge in [0.25, 0.3) is 11.8 Å². The van der Waals surface area contributed by atoms with E-state index in [1.165, 1.54) is 4.90 Å². The predicted molar refractivity (Wildman–Crippen MR) is 133 cm³/mol. The topological polar surface area (TPSA) is 54.3 Å². The Bertz CT molecular complexity index is 1330. The number of rotatable bonds is 3. The summed E-state index contributed by atoms with van der Waals surface area (Å²) in [6.45, 7) is 3.82. The Morgan fingerprint density at radius 3 is 2.31 bits per heavy atom. The molecule has 162 valence electrons. The van der Waals surface area contributed by atoms with Crippen molar-refractivity contribution in [2.75, 3.05) is 4.90 Å². The average Bonchev–Trinajstić information content (AvgIpc) is 3.01. The monoisotopic (exact) mass is 503 g/mol. The number of thiocarbonyl (C=S) groups is 1. The number of nitrogens with one attached hydrogen (secondary N) is 1. The minimum Gasteiger partial charge on any atom is -0.316 e. The first kappa shape index (κ1) is 22.6. The van der Waals surface area contributed by atoms with Gasteiger partial charge in [-0.05, 0) is 68.0 Å². The Kier molecular flexibility index (Phi) is 6.14. The minimum atomic E-state index is -0.592. The van der Waals surface area contributed by atoms with E-state index in [4.69, 9.17) is 47.0 Å². The van der Waals surface area contributed by atoms with E-state index in [2.05, 4.69) is 5.32 Å². The maximum atomic E-state index is 13.3. The molecule has 1 aliphatic rings. The van der Waals surface area contributed by atoms with Gasteiger partial charge in [-0.1, -0.05) is 53.0 Å². The lowest BCUT2D eigenvalue weighted by molar-refractivity contribution is -0.122. The van der Waals surface area contributed by atoms with E-state index in [1.54, 1.807) is 30.3 Å². The van der Waals surface area contributed by atoms with Gasteiger partial charge in [0, 0.05) is 11.4 Å². The zero-order valence-corrected chi connectivity index (χ0v) is 20.0. The van der Waals surface area contributed by atoms with Crippen LogP contribution in [0.5, 0.6) is 0 Å². The number of carbonyl (C=O) groups excluding carboxylic acids is 2. The van der Waals surface area contributed by atoms with E-state index in [0.29, 0.717) is 16.3 Å². The zero-order valence-electron chi connectivity index (χ0n) is 16.9. The number of anilines is 1. The molecule has 2 aromatic carbocycles. The summed E-state index contributed by atoms with van der Waals surface area (Å²) in [5.41, 5.74) is 3.45. The standard InChI is InChI=1S/C23H16Cl3N3O2S/c1-12-10-14(13(2)28(12)18-8-4-3-6-16(18)24)11-15-21(30)27-23(32)29(22(15)31)19-9-5-7-17(25)20(19)26/h3-11H,1-2H3,(H,27,30,32)/b15-11+. The van der Waals surface area contributed by atoms with Crippen LogP contribution in [0, 0.1) is 13.8 Å². The smallest absolute Gasteiger partial charge is 0.270 e. The first-order valence-corrected chi connectivity index (χ1v) is 11.0. The Morgan fingerprint density at radius 1 is 0.938 bits per heavy atom. The summed E-state index contributed by atoms with van der Waals surface area (Å²) in [5, 5.41) is 3.51. The lowest BCUT2D eigenvalue weighted by atomic mass is 10.1. The molecule has 1 aromatic heterocycles. The van der Waals surface area contributed by atoms with Crippen LogP contribution in [-0.2, 0) is 9.59 Å². The van der Waals surface area contributed by atoms with Crippen LogP contribution in [0.15, 0.2) is 54.1 Å². The van der Waals surface area contributed by atoms with E-state index in [1.807, 2.05) is 42.7 Å². The first-order valence-electron chi connectivity index (χ1n) is 9.50. The molecule has 1 aliphatic heterocycles. The zero-order chi connectivity index (χ0) is 23.2. The van der Waals surface area contributed by atoms with Gasteiger partial charge in [-0.2, -0.15) is 0 Å². The fraction of sp³-hybridized carbons (Fsp3) is 0.0870. The Labute approximate surface area is 205 Å². The summed E-state index contributed by atoms with van der Waals surface area (Å²) in [7, 11) is 0. The lowest BCUT2D eigenvalue weighted by Gasteiger charge is -2.29. The van der Waals surface area contributed by atoms with Crippen molar-refractivity contribution in [1.82, 2.24) is 9.88 Å². The van der Waals surface area contributed by atoms with Crippen LogP contribution in [0.2, 0.25) is 15.1 Å². The number of para-hydroxylation sites is 1. The number of amides is 2. The van der Waals surface area contributed by atoms with Crippen LogP contribution in [-0.4, -0.2) is 21.5 Å². The van der Waals surface area contributed by atoms with Crippen molar-refractivity contribution in [1.29, 1.82) is 0 Å². The molecule has 0 saturated carbocycles. The van der Waals surface area contributed by atoms with Crippen molar-refractivity contribution >= 4 is 75.7 Å². The normalized spacial score (nSPS) is 15.5. The highest BCUT2D eigenvalue weighted by molar-refractivity contribution is 7.80.